The van der Waals surface area contributed by atoms with Crippen LogP contribution in [-0.2, 0) is 11.2 Å². The third-order valence-corrected chi connectivity index (χ3v) is 4.44. The number of alkyl halides is 3. The van der Waals surface area contributed by atoms with Gasteiger partial charge in [0.05, 0.1) is 6.54 Å². The van der Waals surface area contributed by atoms with Crippen LogP contribution in [0.3, 0.4) is 0 Å². The van der Waals surface area contributed by atoms with Crippen LogP contribution >= 0.6 is 0 Å². The fraction of sp³-hybridized carbons (Fsp3) is 0.500. The minimum absolute atomic E-state index is 0.00813. The fourth-order valence-corrected chi connectivity index (χ4v) is 3.10. The molecule has 2 rings (SSSR count). The molecular weight excluding hydrogens is 402 g/mol. The van der Waals surface area contributed by atoms with E-state index in [4.69, 9.17) is 5.73 Å². The first kappa shape index (κ1) is 22.9. The third-order valence-electron chi connectivity index (χ3n) is 4.44. The number of carbonyl (C=O) groups is 1. The van der Waals surface area contributed by atoms with Gasteiger partial charge in [0, 0.05) is 50.6 Å². The predicted octanol–water partition coefficient (Wildman–Crippen LogP) is 2.13. The van der Waals surface area contributed by atoms with Crippen molar-refractivity contribution in [3.63, 3.8) is 0 Å². The maximum Gasteiger partial charge on any atom is 0.405 e. The van der Waals surface area contributed by atoms with Crippen molar-refractivity contribution in [2.24, 2.45) is 5.73 Å². The van der Waals surface area contributed by atoms with Gasteiger partial charge in [0.2, 0.25) is 5.91 Å². The first-order valence-corrected chi connectivity index (χ1v) is 8.85. The van der Waals surface area contributed by atoms with Gasteiger partial charge in [-0.25, -0.2) is 13.2 Å². The zero-order valence-corrected chi connectivity index (χ0v) is 15.7. The Bertz CT molecular complexity index is 767. The van der Waals surface area contributed by atoms with Crippen LogP contribution in [0.4, 0.5) is 26.3 Å². The Morgan fingerprint density at radius 3 is 2.48 bits per heavy atom. The van der Waals surface area contributed by atoms with Crippen LogP contribution in [0.1, 0.15) is 12.0 Å². The molecule has 1 saturated heterocycles. The zero-order valence-electron chi connectivity index (χ0n) is 15.7. The Labute approximate surface area is 164 Å². The Morgan fingerprint density at radius 2 is 1.86 bits per heavy atom. The summed E-state index contributed by atoms with van der Waals surface area (Å²) in [5, 5.41) is 2.66. The molecule has 0 aromatic heterocycles. The molecule has 1 aromatic carbocycles. The van der Waals surface area contributed by atoms with Gasteiger partial charge in [-0.3, -0.25) is 4.79 Å². The Kier molecular flexibility index (Phi) is 7.39. The van der Waals surface area contributed by atoms with Crippen LogP contribution in [0.25, 0.3) is 0 Å². The molecule has 0 saturated carbocycles. The fourth-order valence-electron chi connectivity index (χ4n) is 3.10. The van der Waals surface area contributed by atoms with Gasteiger partial charge in [-0.1, -0.05) is 0 Å². The van der Waals surface area contributed by atoms with Crippen LogP contribution < -0.4 is 11.1 Å². The van der Waals surface area contributed by atoms with Crippen molar-refractivity contribution < 1.29 is 31.1 Å². The minimum atomic E-state index is -4.38. The molecule has 0 bridgehead atoms. The van der Waals surface area contributed by atoms with Gasteiger partial charge in [-0.05, 0) is 18.1 Å². The van der Waals surface area contributed by atoms with Gasteiger partial charge in [-0.15, -0.1) is 0 Å². The molecule has 0 aliphatic carbocycles. The molecule has 29 heavy (non-hydrogen) atoms. The number of hydrogen-bond donors (Lipinski definition) is 2. The number of halogens is 6. The molecular formula is C18H22F6N4O. The summed E-state index contributed by atoms with van der Waals surface area (Å²) in [5.74, 6) is -3.93. The zero-order chi connectivity index (χ0) is 21.8. The lowest BCUT2D eigenvalue weighted by Gasteiger charge is -2.38. The Balaban J connectivity index is 1.98. The number of hydrogen-bond acceptors (Lipinski definition) is 4. The molecule has 1 atom stereocenters. The number of nitrogens with zero attached hydrogens (tertiary/aromatic N) is 2. The standard InChI is InChI=1S/C18H22F6N4O/c1-26-8-13-9-27(2-3-28(13)10-18(22,23)24)17(29)6-12(25)4-11-5-15(20)16(21)7-14(11)19/h5,7-8,12,26H,2-4,6,9-10,25H2,1H3/b13-8-. The number of nitrogens with one attached hydrogen (secondary N) is 1. The second-order valence-corrected chi connectivity index (χ2v) is 6.80. The second-order valence-electron chi connectivity index (χ2n) is 6.80. The van der Waals surface area contributed by atoms with E-state index in [1.165, 1.54) is 18.1 Å². The van der Waals surface area contributed by atoms with E-state index in [0.29, 0.717) is 17.8 Å². The van der Waals surface area contributed by atoms with E-state index in [9.17, 15) is 31.1 Å². The monoisotopic (exact) mass is 424 g/mol. The maximum absolute atomic E-state index is 13.7. The van der Waals surface area contributed by atoms with Crippen LogP contribution in [-0.4, -0.2) is 61.2 Å². The van der Waals surface area contributed by atoms with Crippen LogP contribution in [0.2, 0.25) is 0 Å². The van der Waals surface area contributed by atoms with Gasteiger partial charge in [0.1, 0.15) is 12.4 Å². The van der Waals surface area contributed by atoms with Crippen molar-refractivity contribution in [3.05, 3.63) is 47.0 Å². The molecule has 5 nitrogen and oxygen atoms in total. The van der Waals surface area contributed by atoms with E-state index in [-0.39, 0.29) is 38.0 Å². The normalized spacial score (nSPS) is 17.6. The molecule has 1 unspecified atom stereocenters. The van der Waals surface area contributed by atoms with Crippen molar-refractivity contribution >= 4 is 5.91 Å². The number of amides is 1. The van der Waals surface area contributed by atoms with E-state index in [0.717, 1.165) is 4.90 Å². The topological polar surface area (TPSA) is 61.6 Å². The van der Waals surface area contributed by atoms with Gasteiger partial charge in [0.25, 0.3) is 0 Å². The number of rotatable bonds is 6. The lowest BCUT2D eigenvalue weighted by molar-refractivity contribution is -0.146. The van der Waals surface area contributed by atoms with E-state index in [1.807, 2.05) is 0 Å². The first-order chi connectivity index (χ1) is 13.5. The highest BCUT2D eigenvalue weighted by molar-refractivity contribution is 5.77. The quantitative estimate of drug-likeness (QED) is 0.543. The molecule has 1 fully saturated rings. The van der Waals surface area contributed by atoms with Crippen LogP contribution in [0, 0.1) is 17.5 Å². The molecule has 1 amide bonds. The summed E-state index contributed by atoms with van der Waals surface area (Å²) in [6.45, 7) is -1.10. The lowest BCUT2D eigenvalue weighted by Crippen LogP contribution is -2.50. The molecule has 11 heteroatoms. The molecule has 0 spiro atoms. The summed E-state index contributed by atoms with van der Waals surface area (Å²) < 4.78 is 78.1. The first-order valence-electron chi connectivity index (χ1n) is 8.85. The highest BCUT2D eigenvalue weighted by atomic mass is 19.4. The van der Waals surface area contributed by atoms with E-state index in [1.54, 1.807) is 0 Å². The SMILES string of the molecule is CN/C=C1/CN(C(=O)CC(N)Cc2cc(F)c(F)cc2F)CCN1CC(F)(F)F. The highest BCUT2D eigenvalue weighted by Crippen LogP contribution is 2.22. The van der Waals surface area contributed by atoms with Crippen molar-refractivity contribution in [3.8, 4) is 0 Å². The summed E-state index contributed by atoms with van der Waals surface area (Å²) in [4.78, 5) is 15.0. The number of nitrogens with two attached hydrogens (primary N) is 1. The number of carbonyl (C=O) groups excluding carboxylic acids is 1. The molecule has 1 aliphatic rings. The van der Waals surface area contributed by atoms with Crippen LogP contribution in [0.5, 0.6) is 0 Å². The molecule has 1 aromatic rings. The summed E-state index contributed by atoms with van der Waals surface area (Å²) >= 11 is 0. The van der Waals surface area contributed by atoms with Crippen molar-refractivity contribution in [1.82, 2.24) is 15.1 Å². The molecule has 1 heterocycles. The van der Waals surface area contributed by atoms with E-state index >= 15 is 0 Å². The smallest absolute Gasteiger partial charge is 0.393 e. The van der Waals surface area contributed by atoms with Crippen molar-refractivity contribution in [2.75, 3.05) is 33.2 Å². The van der Waals surface area contributed by atoms with Crippen molar-refractivity contribution in [1.29, 1.82) is 0 Å². The number of benzene rings is 1. The van der Waals surface area contributed by atoms with Crippen LogP contribution in [0.15, 0.2) is 24.0 Å². The average Bonchev–Trinajstić information content (AvgIpc) is 2.60. The Hall–Kier alpha value is -2.43. The summed E-state index contributed by atoms with van der Waals surface area (Å²) in [7, 11) is 1.53. The van der Waals surface area contributed by atoms with E-state index < -0.39 is 42.1 Å². The average molecular weight is 424 g/mol. The molecule has 1 aliphatic heterocycles. The summed E-state index contributed by atoms with van der Waals surface area (Å²) in [6.07, 6.45) is -3.40. The largest absolute Gasteiger partial charge is 0.405 e. The number of piperazine rings is 1. The predicted molar refractivity (Wildman–Crippen MR) is 94.0 cm³/mol. The Morgan fingerprint density at radius 1 is 1.21 bits per heavy atom. The molecule has 162 valence electrons. The van der Waals surface area contributed by atoms with Gasteiger partial charge in [-0.2, -0.15) is 13.2 Å². The second kappa shape index (κ2) is 9.38. The molecule has 3 N–H and O–H groups in total. The molecule has 0 radical (unpaired) electrons. The maximum atomic E-state index is 13.7. The van der Waals surface area contributed by atoms with Gasteiger partial charge in [0.15, 0.2) is 11.6 Å². The minimum Gasteiger partial charge on any atom is -0.393 e. The van der Waals surface area contributed by atoms with Gasteiger partial charge < -0.3 is 20.9 Å². The van der Waals surface area contributed by atoms with E-state index in [2.05, 4.69) is 5.32 Å². The highest BCUT2D eigenvalue weighted by Gasteiger charge is 2.34. The summed E-state index contributed by atoms with van der Waals surface area (Å²) in [6, 6.07) is 0.235. The third kappa shape index (κ3) is 6.55. The summed E-state index contributed by atoms with van der Waals surface area (Å²) in [5.41, 5.74) is 6.00. The van der Waals surface area contributed by atoms with Crippen molar-refractivity contribution in [2.45, 2.75) is 25.1 Å². The van der Waals surface area contributed by atoms with Gasteiger partial charge >= 0.3 is 6.18 Å². The lowest BCUT2D eigenvalue weighted by atomic mass is 10.0.